The molecular weight excluding hydrogens is 229 g/mol. The molecule has 1 aromatic rings. The molecule has 0 aromatic heterocycles. The van der Waals surface area contributed by atoms with Crippen LogP contribution in [0.2, 0.25) is 10.0 Å². The Hall–Kier alpha value is -0.970. The quantitative estimate of drug-likeness (QED) is 0.622. The molecule has 0 aliphatic rings. The molecule has 2 N–H and O–H groups in total. The van der Waals surface area contributed by atoms with Crippen LogP contribution >= 0.6 is 23.2 Å². The van der Waals surface area contributed by atoms with Crippen LogP contribution in [0, 0.1) is 0 Å². The lowest BCUT2D eigenvalue weighted by Crippen LogP contribution is -2.25. The summed E-state index contributed by atoms with van der Waals surface area (Å²) >= 11 is 11.5. The van der Waals surface area contributed by atoms with Crippen LogP contribution < -0.4 is 10.2 Å². The molecule has 6 heteroatoms. The van der Waals surface area contributed by atoms with Crippen molar-refractivity contribution in [1.82, 2.24) is 5.48 Å². The molecule has 0 atom stereocenters. The van der Waals surface area contributed by atoms with Crippen molar-refractivity contribution in [1.29, 1.82) is 0 Å². The second-order valence-corrected chi connectivity index (χ2v) is 3.19. The first-order valence-corrected chi connectivity index (χ1v) is 4.40. The zero-order valence-electron chi connectivity index (χ0n) is 6.96. The molecule has 0 saturated carbocycles. The number of rotatable bonds is 3. The molecule has 0 aliphatic heterocycles. The van der Waals surface area contributed by atoms with E-state index in [0.29, 0.717) is 10.0 Å². The van der Waals surface area contributed by atoms with Crippen molar-refractivity contribution in [3.8, 4) is 5.75 Å². The summed E-state index contributed by atoms with van der Waals surface area (Å²) in [5.41, 5.74) is 1.42. The summed E-state index contributed by atoms with van der Waals surface area (Å²) in [5.74, 6) is -0.458. The zero-order valence-corrected chi connectivity index (χ0v) is 8.47. The van der Waals surface area contributed by atoms with Crippen molar-refractivity contribution in [2.45, 2.75) is 0 Å². The Morgan fingerprint density at radius 2 is 2.00 bits per heavy atom. The molecule has 0 bridgehead atoms. The fourth-order valence-electron chi connectivity index (χ4n) is 0.790. The largest absolute Gasteiger partial charge is 0.481 e. The van der Waals surface area contributed by atoms with Gasteiger partial charge < -0.3 is 4.74 Å². The summed E-state index contributed by atoms with van der Waals surface area (Å²) < 4.78 is 4.98. The number of amides is 1. The smallest absolute Gasteiger partial charge is 0.281 e. The Kier molecular flexibility index (Phi) is 4.00. The summed E-state index contributed by atoms with van der Waals surface area (Å²) in [6, 6.07) is 4.82. The molecule has 14 heavy (non-hydrogen) atoms. The predicted octanol–water partition coefficient (Wildman–Crippen LogP) is 1.88. The molecule has 1 amide bonds. The van der Waals surface area contributed by atoms with E-state index in [0.717, 1.165) is 0 Å². The summed E-state index contributed by atoms with van der Waals surface area (Å²) in [5, 5.41) is 8.82. The van der Waals surface area contributed by atoms with Gasteiger partial charge in [0.15, 0.2) is 12.4 Å². The molecule has 1 rings (SSSR count). The second kappa shape index (κ2) is 5.05. The van der Waals surface area contributed by atoms with E-state index < -0.39 is 5.91 Å². The number of nitrogens with one attached hydrogen (secondary N) is 1. The molecule has 0 unspecified atom stereocenters. The first-order valence-electron chi connectivity index (χ1n) is 3.65. The lowest BCUT2D eigenvalue weighted by atomic mass is 10.3. The second-order valence-electron chi connectivity index (χ2n) is 2.37. The van der Waals surface area contributed by atoms with Gasteiger partial charge in [-0.2, -0.15) is 0 Å². The van der Waals surface area contributed by atoms with Crippen LogP contribution in [0.25, 0.3) is 0 Å². The van der Waals surface area contributed by atoms with E-state index in [1.165, 1.54) is 5.48 Å². The van der Waals surface area contributed by atoms with Crippen LogP contribution in [-0.2, 0) is 4.79 Å². The SMILES string of the molecule is O=C(COc1c(Cl)cccc1Cl)NO. The van der Waals surface area contributed by atoms with Gasteiger partial charge in [0, 0.05) is 0 Å². The maximum Gasteiger partial charge on any atom is 0.281 e. The number of carbonyl (C=O) groups is 1. The third kappa shape index (κ3) is 2.77. The fourth-order valence-corrected chi connectivity index (χ4v) is 1.30. The Morgan fingerprint density at radius 3 is 2.50 bits per heavy atom. The van der Waals surface area contributed by atoms with Gasteiger partial charge in [-0.05, 0) is 12.1 Å². The number of benzene rings is 1. The monoisotopic (exact) mass is 235 g/mol. The van der Waals surface area contributed by atoms with Crippen molar-refractivity contribution in [2.75, 3.05) is 6.61 Å². The predicted molar refractivity (Wildman–Crippen MR) is 51.9 cm³/mol. The Labute approximate surface area is 90.3 Å². The number of halogens is 2. The topological polar surface area (TPSA) is 58.6 Å². The number of hydrogen-bond donors (Lipinski definition) is 2. The summed E-state index contributed by atoms with van der Waals surface area (Å²) in [7, 11) is 0. The molecule has 76 valence electrons. The van der Waals surface area contributed by atoms with Crippen LogP contribution in [-0.4, -0.2) is 17.7 Å². The number of para-hydroxylation sites is 1. The highest BCUT2D eigenvalue weighted by atomic mass is 35.5. The maximum absolute atomic E-state index is 10.6. The molecule has 1 aromatic carbocycles. The van der Waals surface area contributed by atoms with E-state index in [1.807, 2.05) is 0 Å². The average molecular weight is 236 g/mol. The number of ether oxygens (including phenoxy) is 1. The highest BCUT2D eigenvalue weighted by Crippen LogP contribution is 2.32. The maximum atomic E-state index is 10.6. The van der Waals surface area contributed by atoms with E-state index in [2.05, 4.69) is 0 Å². The van der Waals surface area contributed by atoms with E-state index in [4.69, 9.17) is 33.1 Å². The van der Waals surface area contributed by atoms with Gasteiger partial charge in [-0.25, -0.2) is 5.48 Å². The minimum atomic E-state index is -0.680. The third-order valence-corrected chi connectivity index (χ3v) is 1.99. The van der Waals surface area contributed by atoms with Crippen LogP contribution in [0.5, 0.6) is 5.75 Å². The van der Waals surface area contributed by atoms with Gasteiger partial charge in [0.1, 0.15) is 0 Å². The normalized spacial score (nSPS) is 9.64. The van der Waals surface area contributed by atoms with E-state index in [1.54, 1.807) is 18.2 Å². The van der Waals surface area contributed by atoms with E-state index in [9.17, 15) is 4.79 Å². The molecule has 0 radical (unpaired) electrons. The molecule has 0 aliphatic carbocycles. The molecule has 4 nitrogen and oxygen atoms in total. The average Bonchev–Trinajstić information content (AvgIpc) is 2.16. The Morgan fingerprint density at radius 1 is 1.43 bits per heavy atom. The molecular formula is C8H7Cl2NO3. The van der Waals surface area contributed by atoms with Gasteiger partial charge in [-0.1, -0.05) is 29.3 Å². The van der Waals surface area contributed by atoms with Gasteiger partial charge in [0.25, 0.3) is 5.91 Å². The molecule has 0 fully saturated rings. The first-order chi connectivity index (χ1) is 6.65. The van der Waals surface area contributed by atoms with Crippen LogP contribution in [0.1, 0.15) is 0 Å². The van der Waals surface area contributed by atoms with Crippen molar-refractivity contribution in [3.05, 3.63) is 28.2 Å². The molecule has 0 heterocycles. The number of hydrogen-bond acceptors (Lipinski definition) is 3. The molecule has 0 saturated heterocycles. The Bertz CT molecular complexity index is 323. The van der Waals surface area contributed by atoms with Crippen LogP contribution in [0.3, 0.4) is 0 Å². The van der Waals surface area contributed by atoms with E-state index >= 15 is 0 Å². The first kappa shape index (κ1) is 11.1. The third-order valence-electron chi connectivity index (χ3n) is 1.39. The lowest BCUT2D eigenvalue weighted by molar-refractivity contribution is -0.131. The van der Waals surface area contributed by atoms with Gasteiger partial charge >= 0.3 is 0 Å². The van der Waals surface area contributed by atoms with E-state index in [-0.39, 0.29) is 12.4 Å². The fraction of sp³-hybridized carbons (Fsp3) is 0.125. The van der Waals surface area contributed by atoms with Crippen molar-refractivity contribution < 1.29 is 14.7 Å². The lowest BCUT2D eigenvalue weighted by Gasteiger charge is -2.07. The molecule has 0 spiro atoms. The standard InChI is InChI=1S/C8H7Cl2NO3/c9-5-2-1-3-6(10)8(5)14-4-7(12)11-13/h1-3,13H,4H2,(H,11,12). The zero-order chi connectivity index (χ0) is 10.6. The summed E-state index contributed by atoms with van der Waals surface area (Å²) in [4.78, 5) is 10.6. The van der Waals surface area contributed by atoms with Crippen LogP contribution in [0.4, 0.5) is 0 Å². The summed E-state index contributed by atoms with van der Waals surface area (Å²) in [6.07, 6.45) is 0. The number of hydroxylamine groups is 1. The van der Waals surface area contributed by atoms with Crippen molar-refractivity contribution in [3.63, 3.8) is 0 Å². The van der Waals surface area contributed by atoms with Gasteiger partial charge in [0.2, 0.25) is 0 Å². The van der Waals surface area contributed by atoms with Gasteiger partial charge in [-0.15, -0.1) is 0 Å². The highest BCUT2D eigenvalue weighted by Gasteiger charge is 2.08. The highest BCUT2D eigenvalue weighted by molar-refractivity contribution is 6.37. The van der Waals surface area contributed by atoms with Crippen LogP contribution in [0.15, 0.2) is 18.2 Å². The Balaban J connectivity index is 2.71. The summed E-state index contributed by atoms with van der Waals surface area (Å²) in [6.45, 7) is -0.347. The minimum absolute atomic E-state index is 0.222. The van der Waals surface area contributed by atoms with Crippen molar-refractivity contribution in [2.24, 2.45) is 0 Å². The number of carbonyl (C=O) groups excluding carboxylic acids is 1. The van der Waals surface area contributed by atoms with Gasteiger partial charge in [-0.3, -0.25) is 10.0 Å². The van der Waals surface area contributed by atoms with Crippen molar-refractivity contribution >= 4 is 29.1 Å². The van der Waals surface area contributed by atoms with Gasteiger partial charge in [0.05, 0.1) is 10.0 Å². The minimum Gasteiger partial charge on any atom is -0.481 e.